The molecule has 0 amide bonds. The van der Waals surface area contributed by atoms with Crippen LogP contribution in [0.15, 0.2) is 61.1 Å². The van der Waals surface area contributed by atoms with Gasteiger partial charge in [0.2, 0.25) is 0 Å². The average Bonchev–Trinajstić information content (AvgIpc) is 3.66. The number of pyridine rings is 1. The summed E-state index contributed by atoms with van der Waals surface area (Å²) in [7, 11) is 0. The van der Waals surface area contributed by atoms with Crippen LogP contribution in [0.4, 0.5) is 8.78 Å². The lowest BCUT2D eigenvalue weighted by atomic mass is 10.1. The van der Waals surface area contributed by atoms with E-state index in [9.17, 15) is 18.7 Å². The van der Waals surface area contributed by atoms with Gasteiger partial charge in [-0.2, -0.15) is 5.26 Å². The van der Waals surface area contributed by atoms with E-state index in [0.717, 1.165) is 50.1 Å². The monoisotopic (exact) mass is 641 g/mol. The molecule has 11 nitrogen and oxygen atoms in total. The SMILES string of the molecule is CCn1cncc1Cn1c(CN2CCC(Oc3ccc(F)c(COc4ccc(C#N)cc4F)c3)CC2)nc2ccc(CC(=O)O)nc21. The molecule has 0 atom stereocenters. The molecule has 1 aliphatic heterocycles. The van der Waals surface area contributed by atoms with Crippen LogP contribution in [-0.4, -0.2) is 59.3 Å². The van der Waals surface area contributed by atoms with Crippen LogP contribution in [0.25, 0.3) is 11.2 Å². The fourth-order valence-corrected chi connectivity index (χ4v) is 5.71. The minimum atomic E-state index is -0.944. The molecule has 1 aliphatic rings. The molecule has 242 valence electrons. The van der Waals surface area contributed by atoms with Gasteiger partial charge < -0.3 is 23.7 Å². The fourth-order valence-electron chi connectivity index (χ4n) is 5.71. The van der Waals surface area contributed by atoms with Gasteiger partial charge in [-0.25, -0.2) is 23.7 Å². The Balaban J connectivity index is 1.11. The first kappa shape index (κ1) is 31.6. The van der Waals surface area contributed by atoms with Gasteiger partial charge in [-0.05, 0) is 68.3 Å². The first-order valence-electron chi connectivity index (χ1n) is 15.3. The van der Waals surface area contributed by atoms with Gasteiger partial charge in [0.1, 0.15) is 35.6 Å². The number of fused-ring (bicyclic) bond motifs is 1. The molecule has 0 bridgehead atoms. The lowest BCUT2D eigenvalue weighted by Gasteiger charge is -2.32. The molecule has 0 unspecified atom stereocenters. The fraction of sp³-hybridized carbons (Fsp3) is 0.324. The molecule has 2 aromatic carbocycles. The summed E-state index contributed by atoms with van der Waals surface area (Å²) in [5.41, 5.74) is 3.21. The molecule has 5 aromatic rings. The van der Waals surface area contributed by atoms with Crippen molar-refractivity contribution in [2.24, 2.45) is 0 Å². The maximum atomic E-state index is 14.6. The Morgan fingerprint density at radius 1 is 1.06 bits per heavy atom. The number of nitriles is 1. The lowest BCUT2D eigenvalue weighted by molar-refractivity contribution is -0.136. The number of carbonyl (C=O) groups is 1. The predicted octanol–water partition coefficient (Wildman–Crippen LogP) is 5.10. The van der Waals surface area contributed by atoms with Gasteiger partial charge in [0.25, 0.3) is 0 Å². The number of aromatic nitrogens is 5. The number of hydrogen-bond donors (Lipinski definition) is 1. The summed E-state index contributed by atoms with van der Waals surface area (Å²) in [5, 5.41) is 18.2. The van der Waals surface area contributed by atoms with Gasteiger partial charge in [0.15, 0.2) is 17.2 Å². The summed E-state index contributed by atoms with van der Waals surface area (Å²) < 4.78 is 44.6. The van der Waals surface area contributed by atoms with E-state index in [1.54, 1.807) is 24.5 Å². The summed E-state index contributed by atoms with van der Waals surface area (Å²) in [4.78, 5) is 27.5. The van der Waals surface area contributed by atoms with E-state index in [1.807, 2.05) is 29.8 Å². The van der Waals surface area contributed by atoms with Crippen LogP contribution < -0.4 is 9.47 Å². The van der Waals surface area contributed by atoms with E-state index in [2.05, 4.69) is 19.4 Å². The molecule has 4 heterocycles. The summed E-state index contributed by atoms with van der Waals surface area (Å²) >= 11 is 0. The molecule has 13 heteroatoms. The topological polar surface area (TPSA) is 131 Å². The summed E-state index contributed by atoms with van der Waals surface area (Å²) in [6.07, 6.45) is 4.83. The Hall–Kier alpha value is -5.35. The van der Waals surface area contributed by atoms with Crippen LogP contribution in [0.3, 0.4) is 0 Å². The van der Waals surface area contributed by atoms with Crippen molar-refractivity contribution >= 4 is 17.1 Å². The number of ether oxygens (including phenoxy) is 2. The number of rotatable bonds is 12. The van der Waals surface area contributed by atoms with Crippen molar-refractivity contribution in [1.82, 2.24) is 29.0 Å². The molecule has 1 saturated heterocycles. The van der Waals surface area contributed by atoms with Gasteiger partial charge in [-0.3, -0.25) is 9.69 Å². The number of piperidine rings is 1. The first-order chi connectivity index (χ1) is 22.8. The number of nitrogens with zero attached hydrogens (tertiary/aromatic N) is 7. The molecular formula is C34H33F2N7O4. The summed E-state index contributed by atoms with van der Waals surface area (Å²) in [6.45, 7) is 5.17. The highest BCUT2D eigenvalue weighted by molar-refractivity contribution is 5.74. The number of benzene rings is 2. The molecule has 1 N–H and O–H groups in total. The van der Waals surface area contributed by atoms with Crippen molar-refractivity contribution in [2.45, 2.75) is 58.5 Å². The summed E-state index contributed by atoms with van der Waals surface area (Å²) in [5.74, 6) is -0.864. The first-order valence-corrected chi connectivity index (χ1v) is 15.3. The van der Waals surface area contributed by atoms with E-state index >= 15 is 0 Å². The van der Waals surface area contributed by atoms with E-state index in [4.69, 9.17) is 19.7 Å². The third kappa shape index (κ3) is 7.39. The van der Waals surface area contributed by atoms with E-state index in [0.29, 0.717) is 35.7 Å². The Morgan fingerprint density at radius 2 is 1.89 bits per heavy atom. The molecule has 0 spiro atoms. The van der Waals surface area contributed by atoms with Gasteiger partial charge in [-0.1, -0.05) is 0 Å². The second-order valence-corrected chi connectivity index (χ2v) is 11.4. The molecular weight excluding hydrogens is 608 g/mol. The van der Waals surface area contributed by atoms with Crippen molar-refractivity contribution in [3.05, 3.63) is 101 Å². The van der Waals surface area contributed by atoms with Gasteiger partial charge in [-0.15, -0.1) is 0 Å². The van der Waals surface area contributed by atoms with Crippen molar-refractivity contribution in [3.63, 3.8) is 0 Å². The summed E-state index contributed by atoms with van der Waals surface area (Å²) in [6, 6.07) is 13.7. The third-order valence-electron chi connectivity index (χ3n) is 8.18. The zero-order chi connectivity index (χ0) is 32.9. The minimum absolute atomic E-state index is 0.0666. The maximum absolute atomic E-state index is 14.6. The predicted molar refractivity (Wildman–Crippen MR) is 167 cm³/mol. The van der Waals surface area contributed by atoms with Crippen molar-refractivity contribution < 1.29 is 28.2 Å². The zero-order valence-corrected chi connectivity index (χ0v) is 25.8. The lowest BCUT2D eigenvalue weighted by Crippen LogP contribution is -2.38. The Bertz CT molecular complexity index is 1940. The van der Waals surface area contributed by atoms with E-state index in [1.165, 1.54) is 18.2 Å². The standard InChI is InChI=1S/C34H33F2N7O4/c1-2-42-21-38-17-25(42)18-43-32(40-30-7-4-24(15-33(44)45)39-34(30)43)19-41-11-9-26(10-12-41)47-27-5-6-28(35)23(14-27)20-46-31-8-3-22(16-37)13-29(31)36/h3-8,13-14,17,21,26H,2,9-12,15,18-20H2,1H3,(H,44,45). The largest absolute Gasteiger partial charge is 0.490 e. The van der Waals surface area contributed by atoms with Gasteiger partial charge in [0, 0.05) is 31.4 Å². The molecule has 3 aromatic heterocycles. The van der Waals surface area contributed by atoms with Crippen LogP contribution in [0.2, 0.25) is 0 Å². The van der Waals surface area contributed by atoms with Crippen LogP contribution in [0.1, 0.15) is 48.1 Å². The average molecular weight is 642 g/mol. The van der Waals surface area contributed by atoms with Gasteiger partial charge in [0.05, 0.1) is 48.9 Å². The highest BCUT2D eigenvalue weighted by Crippen LogP contribution is 2.26. The van der Waals surface area contributed by atoms with Crippen molar-refractivity contribution in [3.8, 4) is 17.6 Å². The molecule has 0 aliphatic carbocycles. The van der Waals surface area contributed by atoms with Crippen LogP contribution in [0.5, 0.6) is 11.5 Å². The number of halogens is 2. The van der Waals surface area contributed by atoms with Gasteiger partial charge >= 0.3 is 5.97 Å². The molecule has 47 heavy (non-hydrogen) atoms. The maximum Gasteiger partial charge on any atom is 0.309 e. The minimum Gasteiger partial charge on any atom is -0.490 e. The number of aliphatic carboxylic acids is 1. The number of imidazole rings is 2. The second-order valence-electron chi connectivity index (χ2n) is 11.4. The number of carboxylic acids is 1. The van der Waals surface area contributed by atoms with Crippen LogP contribution in [0, 0.1) is 23.0 Å². The molecule has 0 saturated carbocycles. The number of likely N-dealkylation sites (tertiary alicyclic amines) is 1. The third-order valence-corrected chi connectivity index (χ3v) is 8.18. The van der Waals surface area contributed by atoms with Crippen LogP contribution in [-0.2, 0) is 37.5 Å². The molecule has 1 fully saturated rings. The Kier molecular flexibility index (Phi) is 9.40. The second kappa shape index (κ2) is 14.0. The smallest absolute Gasteiger partial charge is 0.309 e. The molecule has 6 rings (SSSR count). The quantitative estimate of drug-likeness (QED) is 0.198. The number of aryl methyl sites for hydroxylation is 1. The highest BCUT2D eigenvalue weighted by atomic mass is 19.1. The normalized spacial score (nSPS) is 13.9. The van der Waals surface area contributed by atoms with E-state index < -0.39 is 17.6 Å². The highest BCUT2D eigenvalue weighted by Gasteiger charge is 2.24. The van der Waals surface area contributed by atoms with E-state index in [-0.39, 0.29) is 36.0 Å². The van der Waals surface area contributed by atoms with Crippen molar-refractivity contribution in [1.29, 1.82) is 5.26 Å². The van der Waals surface area contributed by atoms with Crippen molar-refractivity contribution in [2.75, 3.05) is 13.1 Å². The Morgan fingerprint density at radius 3 is 2.64 bits per heavy atom. The number of carboxylic acid groups (broad SMARTS) is 1. The molecule has 0 radical (unpaired) electrons. The van der Waals surface area contributed by atoms with Crippen LogP contribution >= 0.6 is 0 Å². The Labute approximate surface area is 269 Å². The zero-order valence-electron chi connectivity index (χ0n) is 25.8. The number of hydrogen-bond acceptors (Lipinski definition) is 8.